The van der Waals surface area contributed by atoms with Crippen molar-refractivity contribution in [1.82, 2.24) is 5.32 Å². The van der Waals surface area contributed by atoms with Crippen LogP contribution < -0.4 is 5.32 Å². The molecule has 0 atom stereocenters. The van der Waals surface area contributed by atoms with Gasteiger partial charge in [-0.15, -0.1) is 0 Å². The lowest BCUT2D eigenvalue weighted by molar-refractivity contribution is -0.119. The van der Waals surface area contributed by atoms with Crippen molar-refractivity contribution in [3.05, 3.63) is 35.4 Å². The summed E-state index contributed by atoms with van der Waals surface area (Å²) in [7, 11) is 0. The van der Waals surface area contributed by atoms with Gasteiger partial charge in [-0.1, -0.05) is 29.8 Å². The van der Waals surface area contributed by atoms with E-state index in [2.05, 4.69) is 36.5 Å². The van der Waals surface area contributed by atoms with Crippen molar-refractivity contribution in [2.24, 2.45) is 0 Å². The molecule has 1 aromatic rings. The Hall–Kier alpha value is -1.31. The molecule has 1 aliphatic carbocycles. The molecule has 0 aromatic heterocycles. The van der Waals surface area contributed by atoms with Gasteiger partial charge < -0.3 is 5.32 Å². The molecule has 15 heavy (non-hydrogen) atoms. The Morgan fingerprint density at radius 1 is 1.33 bits per heavy atom. The standard InChI is InChI=1S/C13H17NO/c1-10-3-5-12(6-4-10)13(7-8-13)9-14-11(2)15/h3-6H,7-9H2,1-2H3,(H,14,15). The molecule has 0 heterocycles. The monoisotopic (exact) mass is 203 g/mol. The summed E-state index contributed by atoms with van der Waals surface area (Å²) in [6, 6.07) is 8.65. The molecule has 2 rings (SSSR count). The van der Waals surface area contributed by atoms with E-state index >= 15 is 0 Å². The van der Waals surface area contributed by atoms with Gasteiger partial charge in [-0.25, -0.2) is 0 Å². The van der Waals surface area contributed by atoms with Crippen LogP contribution in [0.15, 0.2) is 24.3 Å². The lowest BCUT2D eigenvalue weighted by Crippen LogP contribution is -2.30. The SMILES string of the molecule is CC(=O)NCC1(c2ccc(C)cc2)CC1. The number of aryl methyl sites for hydroxylation is 1. The molecule has 1 aromatic carbocycles. The van der Waals surface area contributed by atoms with Crippen LogP contribution in [0.4, 0.5) is 0 Å². The van der Waals surface area contributed by atoms with Gasteiger partial charge >= 0.3 is 0 Å². The van der Waals surface area contributed by atoms with E-state index in [1.165, 1.54) is 24.0 Å². The van der Waals surface area contributed by atoms with E-state index < -0.39 is 0 Å². The van der Waals surface area contributed by atoms with E-state index in [0.29, 0.717) is 0 Å². The zero-order valence-electron chi connectivity index (χ0n) is 9.34. The number of carbonyl (C=O) groups excluding carboxylic acids is 1. The fraction of sp³-hybridized carbons (Fsp3) is 0.462. The van der Waals surface area contributed by atoms with Gasteiger partial charge in [0.15, 0.2) is 0 Å². The Morgan fingerprint density at radius 3 is 2.40 bits per heavy atom. The summed E-state index contributed by atoms with van der Waals surface area (Å²) in [4.78, 5) is 10.9. The first kappa shape index (κ1) is 10.2. The molecule has 0 bridgehead atoms. The maximum absolute atomic E-state index is 10.9. The Labute approximate surface area is 90.7 Å². The summed E-state index contributed by atoms with van der Waals surface area (Å²) in [5, 5.41) is 2.92. The van der Waals surface area contributed by atoms with Crippen LogP contribution in [0, 0.1) is 6.92 Å². The minimum absolute atomic E-state index is 0.0633. The fourth-order valence-electron chi connectivity index (χ4n) is 1.92. The molecule has 0 unspecified atom stereocenters. The van der Waals surface area contributed by atoms with Gasteiger partial charge in [0.25, 0.3) is 0 Å². The largest absolute Gasteiger partial charge is 0.355 e. The van der Waals surface area contributed by atoms with Crippen LogP contribution in [0.2, 0.25) is 0 Å². The molecule has 2 nitrogen and oxygen atoms in total. The molecule has 1 fully saturated rings. The van der Waals surface area contributed by atoms with Crippen LogP contribution >= 0.6 is 0 Å². The van der Waals surface area contributed by atoms with Crippen molar-refractivity contribution in [1.29, 1.82) is 0 Å². The molecule has 1 N–H and O–H groups in total. The van der Waals surface area contributed by atoms with E-state index in [-0.39, 0.29) is 11.3 Å². The van der Waals surface area contributed by atoms with Crippen molar-refractivity contribution in [2.75, 3.05) is 6.54 Å². The second-order valence-corrected chi connectivity index (χ2v) is 4.56. The topological polar surface area (TPSA) is 29.1 Å². The minimum Gasteiger partial charge on any atom is -0.355 e. The van der Waals surface area contributed by atoms with Gasteiger partial charge in [-0.2, -0.15) is 0 Å². The molecule has 2 heteroatoms. The van der Waals surface area contributed by atoms with E-state index in [1.807, 2.05) is 0 Å². The van der Waals surface area contributed by atoms with Crippen LogP contribution in [-0.2, 0) is 10.2 Å². The van der Waals surface area contributed by atoms with Crippen molar-refractivity contribution in [2.45, 2.75) is 32.1 Å². The lowest BCUT2D eigenvalue weighted by atomic mass is 9.95. The first-order valence-electron chi connectivity index (χ1n) is 5.44. The highest BCUT2D eigenvalue weighted by Gasteiger charge is 2.43. The number of rotatable bonds is 3. The molecule has 0 radical (unpaired) electrons. The summed E-state index contributed by atoms with van der Waals surface area (Å²) in [6.45, 7) is 4.45. The summed E-state index contributed by atoms with van der Waals surface area (Å²) in [5.41, 5.74) is 2.88. The molecule has 1 amide bonds. The number of benzene rings is 1. The van der Waals surface area contributed by atoms with Crippen LogP contribution in [0.1, 0.15) is 30.9 Å². The van der Waals surface area contributed by atoms with Crippen molar-refractivity contribution in [3.8, 4) is 0 Å². The number of carbonyl (C=O) groups is 1. The zero-order valence-corrected chi connectivity index (χ0v) is 9.34. The van der Waals surface area contributed by atoms with E-state index in [9.17, 15) is 4.79 Å². The third-order valence-corrected chi connectivity index (χ3v) is 3.19. The van der Waals surface area contributed by atoms with Crippen molar-refractivity contribution >= 4 is 5.91 Å². The summed E-state index contributed by atoms with van der Waals surface area (Å²) >= 11 is 0. The molecular weight excluding hydrogens is 186 g/mol. The molecule has 0 aliphatic heterocycles. The molecule has 1 aliphatic rings. The number of hydrogen-bond donors (Lipinski definition) is 1. The maximum Gasteiger partial charge on any atom is 0.216 e. The first-order valence-corrected chi connectivity index (χ1v) is 5.44. The first-order chi connectivity index (χ1) is 7.12. The van der Waals surface area contributed by atoms with Gasteiger partial charge in [0.05, 0.1) is 0 Å². The third kappa shape index (κ3) is 2.20. The normalized spacial score (nSPS) is 17.2. The predicted molar refractivity (Wildman–Crippen MR) is 60.8 cm³/mol. The zero-order chi connectivity index (χ0) is 10.9. The van der Waals surface area contributed by atoms with Crippen molar-refractivity contribution in [3.63, 3.8) is 0 Å². The highest BCUT2D eigenvalue weighted by Crippen LogP contribution is 2.47. The second kappa shape index (κ2) is 3.69. The van der Waals surface area contributed by atoms with E-state index in [1.54, 1.807) is 6.92 Å². The Balaban J connectivity index is 2.09. The van der Waals surface area contributed by atoms with Gasteiger partial charge in [0.2, 0.25) is 5.91 Å². The average Bonchev–Trinajstić information content (AvgIpc) is 2.97. The van der Waals surface area contributed by atoms with Crippen LogP contribution in [-0.4, -0.2) is 12.5 Å². The summed E-state index contributed by atoms with van der Waals surface area (Å²) in [6.07, 6.45) is 2.38. The summed E-state index contributed by atoms with van der Waals surface area (Å²) < 4.78 is 0. The highest BCUT2D eigenvalue weighted by atomic mass is 16.1. The average molecular weight is 203 g/mol. The maximum atomic E-state index is 10.9. The lowest BCUT2D eigenvalue weighted by Gasteiger charge is -2.16. The third-order valence-electron chi connectivity index (χ3n) is 3.19. The fourth-order valence-corrected chi connectivity index (χ4v) is 1.92. The number of hydrogen-bond acceptors (Lipinski definition) is 1. The van der Waals surface area contributed by atoms with Gasteiger partial charge in [-0.05, 0) is 25.3 Å². The molecule has 0 spiro atoms. The van der Waals surface area contributed by atoms with Crippen LogP contribution in [0.5, 0.6) is 0 Å². The van der Waals surface area contributed by atoms with Gasteiger partial charge in [-0.3, -0.25) is 4.79 Å². The quantitative estimate of drug-likeness (QED) is 0.801. The Morgan fingerprint density at radius 2 is 1.93 bits per heavy atom. The highest BCUT2D eigenvalue weighted by molar-refractivity contribution is 5.73. The van der Waals surface area contributed by atoms with Crippen molar-refractivity contribution < 1.29 is 4.79 Å². The molecule has 80 valence electrons. The van der Waals surface area contributed by atoms with Crippen LogP contribution in [0.3, 0.4) is 0 Å². The van der Waals surface area contributed by atoms with Gasteiger partial charge in [0, 0.05) is 18.9 Å². The van der Waals surface area contributed by atoms with Crippen LogP contribution in [0.25, 0.3) is 0 Å². The number of amides is 1. The van der Waals surface area contributed by atoms with E-state index in [4.69, 9.17) is 0 Å². The minimum atomic E-state index is 0.0633. The smallest absolute Gasteiger partial charge is 0.216 e. The second-order valence-electron chi connectivity index (χ2n) is 4.56. The Kier molecular flexibility index (Phi) is 2.51. The summed E-state index contributed by atoms with van der Waals surface area (Å²) in [5.74, 6) is 0.0633. The van der Waals surface area contributed by atoms with E-state index in [0.717, 1.165) is 6.54 Å². The van der Waals surface area contributed by atoms with Gasteiger partial charge in [0.1, 0.15) is 0 Å². The predicted octanol–water partition coefficient (Wildman–Crippen LogP) is 2.16. The molecule has 1 saturated carbocycles. The molecular formula is C13H17NO. The molecule has 0 saturated heterocycles. The number of nitrogens with one attached hydrogen (secondary N) is 1. The Bertz CT molecular complexity index is 363.